The molecule has 1 aliphatic rings. The third kappa shape index (κ3) is 5.92. The maximum absolute atomic E-state index is 12.8. The van der Waals surface area contributed by atoms with Crippen LogP contribution in [0.4, 0.5) is 0 Å². The third-order valence-electron chi connectivity index (χ3n) is 5.56. The highest BCUT2D eigenvalue weighted by molar-refractivity contribution is 7.92. The van der Waals surface area contributed by atoms with Crippen LogP contribution in [0.3, 0.4) is 0 Å². The maximum Gasteiger partial charge on any atom is 0.226 e. The summed E-state index contributed by atoms with van der Waals surface area (Å²) in [6, 6.07) is 16.8. The molecule has 1 heterocycles. The van der Waals surface area contributed by atoms with E-state index in [0.717, 1.165) is 30.5 Å². The molecule has 1 aliphatic heterocycles. The van der Waals surface area contributed by atoms with Gasteiger partial charge in [-0.3, -0.25) is 4.79 Å². The lowest BCUT2D eigenvalue weighted by atomic mass is 9.98. The molecule has 1 unspecified atom stereocenters. The first-order valence-corrected chi connectivity index (χ1v) is 12.1. The van der Waals surface area contributed by atoms with Crippen molar-refractivity contribution in [2.75, 3.05) is 19.7 Å². The predicted octanol–water partition coefficient (Wildman–Crippen LogP) is 3.87. The van der Waals surface area contributed by atoms with Gasteiger partial charge in [-0.25, -0.2) is 8.42 Å². The maximum atomic E-state index is 12.8. The normalized spacial score (nSPS) is 17.3. The minimum absolute atomic E-state index is 0.0854. The van der Waals surface area contributed by atoms with E-state index in [9.17, 15) is 13.2 Å². The van der Waals surface area contributed by atoms with Gasteiger partial charge in [0.05, 0.1) is 29.8 Å². The molecule has 1 fully saturated rings. The van der Waals surface area contributed by atoms with Gasteiger partial charge in [0.15, 0.2) is 9.84 Å². The van der Waals surface area contributed by atoms with Gasteiger partial charge in [-0.15, -0.1) is 0 Å². The zero-order valence-electron chi connectivity index (χ0n) is 17.8. The van der Waals surface area contributed by atoms with Crippen molar-refractivity contribution in [2.45, 2.75) is 49.9 Å². The average molecular weight is 430 g/mol. The molecule has 0 spiro atoms. The molecule has 30 heavy (non-hydrogen) atoms. The Morgan fingerprint density at radius 1 is 1.07 bits per heavy atom. The van der Waals surface area contributed by atoms with Crippen LogP contribution in [0.1, 0.15) is 37.8 Å². The number of likely N-dealkylation sites (tertiary alicyclic amines) is 1. The van der Waals surface area contributed by atoms with E-state index in [2.05, 4.69) is 0 Å². The Bertz CT molecular complexity index is 923. The number of nitrogens with zero attached hydrogens (tertiary/aromatic N) is 1. The van der Waals surface area contributed by atoms with E-state index in [-0.39, 0.29) is 5.91 Å². The summed E-state index contributed by atoms with van der Waals surface area (Å²) in [5.74, 6) is 0.437. The van der Waals surface area contributed by atoms with Crippen LogP contribution in [0.15, 0.2) is 59.5 Å². The number of piperidine rings is 1. The second kappa shape index (κ2) is 10.2. The highest BCUT2D eigenvalue weighted by Crippen LogP contribution is 2.20. The smallest absolute Gasteiger partial charge is 0.226 e. The Morgan fingerprint density at radius 2 is 1.77 bits per heavy atom. The SMILES string of the molecule is CC(C)S(=O)(=O)c1ccc(CC(=O)N2CCCC(COCc3ccccc3)C2)cc1. The van der Waals surface area contributed by atoms with E-state index in [4.69, 9.17) is 4.74 Å². The summed E-state index contributed by atoms with van der Waals surface area (Å²) in [6.07, 6.45) is 2.34. The van der Waals surface area contributed by atoms with E-state index < -0.39 is 15.1 Å². The molecule has 3 rings (SSSR count). The van der Waals surface area contributed by atoms with Crippen molar-refractivity contribution < 1.29 is 17.9 Å². The standard InChI is InChI=1S/C24H31NO4S/c1-19(2)30(27,28)23-12-10-20(11-13-23)15-24(26)25-14-6-9-22(16-25)18-29-17-21-7-4-3-5-8-21/h3-5,7-8,10-13,19,22H,6,9,14-18H2,1-2H3. The molecule has 1 amide bonds. The molecule has 0 radical (unpaired) electrons. The van der Waals surface area contributed by atoms with Crippen LogP contribution in [0.2, 0.25) is 0 Å². The van der Waals surface area contributed by atoms with Crippen LogP contribution >= 0.6 is 0 Å². The second-order valence-electron chi connectivity index (χ2n) is 8.26. The monoisotopic (exact) mass is 429 g/mol. The number of rotatable bonds is 8. The van der Waals surface area contributed by atoms with Gasteiger partial charge in [-0.1, -0.05) is 42.5 Å². The number of amides is 1. The number of hydrogen-bond donors (Lipinski definition) is 0. The lowest BCUT2D eigenvalue weighted by Crippen LogP contribution is -2.41. The number of sulfone groups is 1. The fourth-order valence-electron chi connectivity index (χ4n) is 3.70. The molecule has 0 N–H and O–H groups in total. The molecule has 0 bridgehead atoms. The van der Waals surface area contributed by atoms with Gasteiger partial charge in [-0.2, -0.15) is 0 Å². The molecule has 1 saturated heterocycles. The first-order valence-electron chi connectivity index (χ1n) is 10.6. The molecule has 0 saturated carbocycles. The van der Waals surface area contributed by atoms with Gasteiger partial charge >= 0.3 is 0 Å². The summed E-state index contributed by atoms with van der Waals surface area (Å²) < 4.78 is 30.4. The Morgan fingerprint density at radius 3 is 2.43 bits per heavy atom. The molecule has 0 aromatic heterocycles. The van der Waals surface area contributed by atoms with Crippen molar-refractivity contribution >= 4 is 15.7 Å². The predicted molar refractivity (Wildman–Crippen MR) is 118 cm³/mol. The van der Waals surface area contributed by atoms with Crippen molar-refractivity contribution in [2.24, 2.45) is 5.92 Å². The number of carbonyl (C=O) groups is 1. The highest BCUT2D eigenvalue weighted by Gasteiger charge is 2.24. The zero-order valence-corrected chi connectivity index (χ0v) is 18.6. The largest absolute Gasteiger partial charge is 0.376 e. The molecule has 2 aromatic rings. The van der Waals surface area contributed by atoms with Crippen LogP contribution in [0.5, 0.6) is 0 Å². The summed E-state index contributed by atoms with van der Waals surface area (Å²) in [5.41, 5.74) is 1.99. The first-order chi connectivity index (χ1) is 14.4. The zero-order chi connectivity index (χ0) is 21.6. The van der Waals surface area contributed by atoms with Crippen LogP contribution in [0, 0.1) is 5.92 Å². The van der Waals surface area contributed by atoms with E-state index in [1.807, 2.05) is 35.2 Å². The fraction of sp³-hybridized carbons (Fsp3) is 0.458. The first kappa shape index (κ1) is 22.5. The molecule has 0 aliphatic carbocycles. The van der Waals surface area contributed by atoms with Crippen molar-refractivity contribution in [3.63, 3.8) is 0 Å². The van der Waals surface area contributed by atoms with Crippen molar-refractivity contribution in [3.8, 4) is 0 Å². The van der Waals surface area contributed by atoms with Crippen molar-refractivity contribution in [1.82, 2.24) is 4.90 Å². The number of benzene rings is 2. The topological polar surface area (TPSA) is 63.7 Å². The summed E-state index contributed by atoms with van der Waals surface area (Å²) in [6.45, 7) is 6.07. The van der Waals surface area contributed by atoms with Crippen molar-refractivity contribution in [3.05, 3.63) is 65.7 Å². The van der Waals surface area contributed by atoms with Gasteiger partial charge in [0.25, 0.3) is 0 Å². The third-order valence-corrected chi connectivity index (χ3v) is 7.74. The van der Waals surface area contributed by atoms with Gasteiger partial charge in [-0.05, 0) is 55.9 Å². The van der Waals surface area contributed by atoms with Gasteiger partial charge in [0, 0.05) is 13.1 Å². The van der Waals surface area contributed by atoms with E-state index in [1.165, 1.54) is 0 Å². The number of carbonyl (C=O) groups excluding carboxylic acids is 1. The van der Waals surface area contributed by atoms with Crippen LogP contribution in [-0.4, -0.2) is 44.2 Å². The Kier molecular flexibility index (Phi) is 7.67. The summed E-state index contributed by atoms with van der Waals surface area (Å²) >= 11 is 0. The van der Waals surface area contributed by atoms with E-state index >= 15 is 0 Å². The van der Waals surface area contributed by atoms with Crippen molar-refractivity contribution in [1.29, 1.82) is 0 Å². The summed E-state index contributed by atoms with van der Waals surface area (Å²) in [5, 5.41) is -0.459. The number of ether oxygens (including phenoxy) is 1. The highest BCUT2D eigenvalue weighted by atomic mass is 32.2. The van der Waals surface area contributed by atoms with Crippen LogP contribution < -0.4 is 0 Å². The molecule has 2 aromatic carbocycles. The van der Waals surface area contributed by atoms with E-state index in [0.29, 0.717) is 37.0 Å². The molecule has 1 atom stereocenters. The number of hydrogen-bond acceptors (Lipinski definition) is 4. The Balaban J connectivity index is 1.50. The van der Waals surface area contributed by atoms with E-state index in [1.54, 1.807) is 38.1 Å². The van der Waals surface area contributed by atoms with Gasteiger partial charge in [0.2, 0.25) is 5.91 Å². The Labute approximate surface area is 180 Å². The van der Waals surface area contributed by atoms with Gasteiger partial charge in [0.1, 0.15) is 0 Å². The van der Waals surface area contributed by atoms with Crippen LogP contribution in [-0.2, 0) is 32.4 Å². The molecule has 6 heteroatoms. The minimum atomic E-state index is -3.29. The fourth-order valence-corrected chi connectivity index (χ4v) is 4.76. The molecular formula is C24H31NO4S. The molecule has 162 valence electrons. The molecule has 5 nitrogen and oxygen atoms in total. The lowest BCUT2D eigenvalue weighted by molar-refractivity contribution is -0.132. The quantitative estimate of drug-likeness (QED) is 0.639. The Hall–Kier alpha value is -2.18. The average Bonchev–Trinajstić information content (AvgIpc) is 2.75. The summed E-state index contributed by atoms with van der Waals surface area (Å²) in [7, 11) is -3.29. The lowest BCUT2D eigenvalue weighted by Gasteiger charge is -2.32. The second-order valence-corrected chi connectivity index (χ2v) is 10.8. The minimum Gasteiger partial charge on any atom is -0.376 e. The molecular weight excluding hydrogens is 398 g/mol. The summed E-state index contributed by atoms with van der Waals surface area (Å²) in [4.78, 5) is 15.0. The van der Waals surface area contributed by atoms with Crippen LogP contribution in [0.25, 0.3) is 0 Å². The van der Waals surface area contributed by atoms with Gasteiger partial charge < -0.3 is 9.64 Å².